The van der Waals surface area contributed by atoms with E-state index in [1.165, 1.54) is 11.1 Å². The van der Waals surface area contributed by atoms with Gasteiger partial charge in [0.05, 0.1) is 13.2 Å². The van der Waals surface area contributed by atoms with Crippen LogP contribution in [0.4, 0.5) is 0 Å². The third-order valence-corrected chi connectivity index (χ3v) is 4.28. The molecule has 0 saturated heterocycles. The second-order valence-electron chi connectivity index (χ2n) is 6.54. The predicted molar refractivity (Wildman–Crippen MR) is 117 cm³/mol. The van der Waals surface area contributed by atoms with Gasteiger partial charge in [0.25, 0.3) is 0 Å². The van der Waals surface area contributed by atoms with Gasteiger partial charge in [-0.1, -0.05) is 42.5 Å². The number of nitrogens with one attached hydrogen (secondary N) is 1. The Kier molecular flexibility index (Phi) is 13.3. The minimum Gasteiger partial charge on any atom is -0.491 e. The number of aliphatic carboxylic acids is 2. The molecule has 170 valence electrons. The van der Waals surface area contributed by atoms with Crippen molar-refractivity contribution < 1.29 is 34.4 Å². The summed E-state index contributed by atoms with van der Waals surface area (Å²) in [5.41, 5.74) is 2.44. The highest BCUT2D eigenvalue weighted by Gasteiger charge is 2.09. The van der Waals surface area contributed by atoms with Gasteiger partial charge in [0.2, 0.25) is 0 Å². The lowest BCUT2D eigenvalue weighted by Gasteiger charge is -2.15. The molecule has 0 aromatic heterocycles. The Balaban J connectivity index is 0.000000703. The molecule has 0 aliphatic carbocycles. The highest BCUT2D eigenvalue weighted by molar-refractivity contribution is 6.27. The van der Waals surface area contributed by atoms with Crippen molar-refractivity contribution in [2.75, 3.05) is 39.5 Å². The number of carbonyl (C=O) groups is 2. The summed E-state index contributed by atoms with van der Waals surface area (Å²) in [6, 6.07) is 18.3. The quantitative estimate of drug-likeness (QED) is 0.296. The van der Waals surface area contributed by atoms with Crippen molar-refractivity contribution in [3.63, 3.8) is 0 Å². The fraction of sp³-hybridized carbons (Fsp3) is 0.391. The van der Waals surface area contributed by atoms with Crippen LogP contribution in [0.1, 0.15) is 24.0 Å². The van der Waals surface area contributed by atoms with Gasteiger partial charge in [-0.25, -0.2) is 9.59 Å². The fourth-order valence-electron chi connectivity index (χ4n) is 2.64. The molecule has 0 amide bonds. The maximum absolute atomic E-state index is 9.57. The smallest absolute Gasteiger partial charge is 0.414 e. The molecule has 1 atom stereocenters. The maximum Gasteiger partial charge on any atom is 0.414 e. The third-order valence-electron chi connectivity index (χ3n) is 4.28. The van der Waals surface area contributed by atoms with E-state index in [2.05, 4.69) is 29.6 Å². The van der Waals surface area contributed by atoms with Crippen LogP contribution in [0.5, 0.6) is 5.75 Å². The van der Waals surface area contributed by atoms with E-state index in [1.54, 1.807) is 0 Å². The Morgan fingerprint density at radius 1 is 0.968 bits per heavy atom. The van der Waals surface area contributed by atoms with Gasteiger partial charge in [0, 0.05) is 19.1 Å². The molecule has 4 N–H and O–H groups in total. The van der Waals surface area contributed by atoms with Gasteiger partial charge in [-0.2, -0.15) is 0 Å². The minimum atomic E-state index is -1.82. The van der Waals surface area contributed by atoms with Gasteiger partial charge in [-0.3, -0.25) is 0 Å². The largest absolute Gasteiger partial charge is 0.491 e. The summed E-state index contributed by atoms with van der Waals surface area (Å²) in [5, 5.41) is 27.8. The molecule has 0 saturated carbocycles. The van der Waals surface area contributed by atoms with Crippen molar-refractivity contribution in [2.24, 2.45) is 0 Å². The van der Waals surface area contributed by atoms with E-state index in [9.17, 15) is 5.11 Å². The molecule has 2 aromatic rings. The number of ether oxygens (including phenoxy) is 2. The first-order chi connectivity index (χ1) is 15.0. The van der Waals surface area contributed by atoms with E-state index < -0.39 is 11.9 Å². The zero-order valence-corrected chi connectivity index (χ0v) is 17.7. The molecular formula is C23H31NO7. The normalized spacial score (nSPS) is 11.2. The second-order valence-corrected chi connectivity index (χ2v) is 6.54. The summed E-state index contributed by atoms with van der Waals surface area (Å²) < 4.78 is 10.9. The van der Waals surface area contributed by atoms with Crippen LogP contribution in [0.2, 0.25) is 0 Å². The van der Waals surface area contributed by atoms with Crippen molar-refractivity contribution in [1.29, 1.82) is 0 Å². The standard InChI is InChI=1S/C21H29NO3.C2H2O4/c1-2-24-14-15-25-21-10-8-18(9-11-21)12-13-22-16-20(17-23)19-6-4-3-5-7-19;3-1(4)2(5)6/h3-11,20,22-23H,2,12-17H2,1H3;(H,3,4)(H,5,6). The average molecular weight is 434 g/mol. The number of aliphatic hydroxyl groups excluding tert-OH is 1. The number of carboxylic acid groups (broad SMARTS) is 2. The molecule has 2 aromatic carbocycles. The van der Waals surface area contributed by atoms with Crippen LogP contribution in [-0.4, -0.2) is 66.8 Å². The van der Waals surface area contributed by atoms with Gasteiger partial charge < -0.3 is 30.1 Å². The SMILES string of the molecule is CCOCCOc1ccc(CCNCC(CO)c2ccccc2)cc1.O=C(O)C(=O)O. The van der Waals surface area contributed by atoms with Gasteiger partial charge in [0.15, 0.2) is 0 Å². The molecule has 0 fully saturated rings. The molecule has 0 bridgehead atoms. The van der Waals surface area contributed by atoms with Gasteiger partial charge in [-0.05, 0) is 43.1 Å². The molecule has 0 aliphatic heterocycles. The predicted octanol–water partition coefficient (Wildman–Crippen LogP) is 2.17. The maximum atomic E-state index is 9.57. The molecule has 0 aliphatic rings. The number of rotatable bonds is 12. The Bertz CT molecular complexity index is 738. The van der Waals surface area contributed by atoms with Crippen molar-refractivity contribution in [1.82, 2.24) is 5.32 Å². The first-order valence-corrected chi connectivity index (χ1v) is 10.1. The summed E-state index contributed by atoms with van der Waals surface area (Å²) in [6.07, 6.45) is 0.951. The van der Waals surface area contributed by atoms with Crippen LogP contribution in [0.15, 0.2) is 54.6 Å². The van der Waals surface area contributed by atoms with Crippen LogP contribution >= 0.6 is 0 Å². The zero-order chi connectivity index (χ0) is 22.9. The highest BCUT2D eigenvalue weighted by atomic mass is 16.5. The molecule has 8 heteroatoms. The molecular weight excluding hydrogens is 402 g/mol. The summed E-state index contributed by atoms with van der Waals surface area (Å²) in [4.78, 5) is 18.2. The summed E-state index contributed by atoms with van der Waals surface area (Å²) in [6.45, 7) is 5.71. The number of aliphatic hydroxyl groups is 1. The van der Waals surface area contributed by atoms with Gasteiger partial charge in [-0.15, -0.1) is 0 Å². The Morgan fingerprint density at radius 3 is 2.16 bits per heavy atom. The highest BCUT2D eigenvalue weighted by Crippen LogP contribution is 2.14. The summed E-state index contributed by atoms with van der Waals surface area (Å²) in [7, 11) is 0. The molecule has 2 rings (SSSR count). The minimum absolute atomic E-state index is 0.141. The lowest BCUT2D eigenvalue weighted by molar-refractivity contribution is -0.159. The molecule has 0 radical (unpaired) electrons. The van der Waals surface area contributed by atoms with Crippen LogP contribution in [0, 0.1) is 0 Å². The molecule has 8 nitrogen and oxygen atoms in total. The number of hydrogen-bond acceptors (Lipinski definition) is 6. The van der Waals surface area contributed by atoms with E-state index in [0.29, 0.717) is 13.2 Å². The van der Waals surface area contributed by atoms with Crippen LogP contribution in [0.25, 0.3) is 0 Å². The molecule has 0 spiro atoms. The van der Waals surface area contributed by atoms with Crippen LogP contribution < -0.4 is 10.1 Å². The molecule has 0 heterocycles. The van der Waals surface area contributed by atoms with Gasteiger partial charge >= 0.3 is 11.9 Å². The van der Waals surface area contributed by atoms with Crippen molar-refractivity contribution in [3.05, 3.63) is 65.7 Å². The van der Waals surface area contributed by atoms with Crippen LogP contribution in [-0.2, 0) is 20.7 Å². The number of hydrogen-bond donors (Lipinski definition) is 4. The Labute approximate surface area is 182 Å². The summed E-state index contributed by atoms with van der Waals surface area (Å²) in [5.74, 6) is -2.63. The third kappa shape index (κ3) is 11.7. The van der Waals surface area contributed by atoms with E-state index in [-0.39, 0.29) is 12.5 Å². The van der Waals surface area contributed by atoms with Crippen molar-refractivity contribution in [3.8, 4) is 5.75 Å². The lowest BCUT2D eigenvalue weighted by Crippen LogP contribution is -2.25. The molecule has 31 heavy (non-hydrogen) atoms. The first kappa shape index (κ1) is 26.1. The molecule has 1 unspecified atom stereocenters. The van der Waals surface area contributed by atoms with E-state index in [4.69, 9.17) is 29.3 Å². The Hall–Kier alpha value is -2.94. The zero-order valence-electron chi connectivity index (χ0n) is 17.7. The fourth-order valence-corrected chi connectivity index (χ4v) is 2.64. The lowest BCUT2D eigenvalue weighted by atomic mass is 10.00. The monoisotopic (exact) mass is 433 g/mol. The van der Waals surface area contributed by atoms with Gasteiger partial charge in [0.1, 0.15) is 12.4 Å². The van der Waals surface area contributed by atoms with E-state index in [0.717, 1.165) is 31.9 Å². The summed E-state index contributed by atoms with van der Waals surface area (Å²) >= 11 is 0. The number of carboxylic acids is 2. The van der Waals surface area contributed by atoms with Crippen LogP contribution in [0.3, 0.4) is 0 Å². The second kappa shape index (κ2) is 15.8. The average Bonchev–Trinajstić information content (AvgIpc) is 2.78. The first-order valence-electron chi connectivity index (χ1n) is 10.1. The number of benzene rings is 2. The van der Waals surface area contributed by atoms with E-state index >= 15 is 0 Å². The van der Waals surface area contributed by atoms with Crippen molar-refractivity contribution >= 4 is 11.9 Å². The van der Waals surface area contributed by atoms with E-state index in [1.807, 2.05) is 37.3 Å². The topological polar surface area (TPSA) is 125 Å². The van der Waals surface area contributed by atoms with Crippen molar-refractivity contribution in [2.45, 2.75) is 19.3 Å². The Morgan fingerprint density at radius 2 is 1.61 bits per heavy atom.